The van der Waals surface area contributed by atoms with Crippen molar-refractivity contribution in [1.29, 1.82) is 5.26 Å². The molecule has 3 heteroatoms. The van der Waals surface area contributed by atoms with E-state index >= 15 is 0 Å². The Hall–Kier alpha value is -2.99. The number of ketones is 1. The van der Waals surface area contributed by atoms with E-state index in [4.69, 9.17) is 0 Å². The molecule has 2 unspecified atom stereocenters. The molecule has 1 saturated carbocycles. The fraction of sp³-hybridized carbons (Fsp3) is 0.438. The molecule has 2 aliphatic rings. The van der Waals surface area contributed by atoms with Crippen molar-refractivity contribution in [3.05, 3.63) is 82.7 Å². The fourth-order valence-corrected chi connectivity index (χ4v) is 5.38. The van der Waals surface area contributed by atoms with Crippen molar-refractivity contribution in [2.75, 3.05) is 0 Å². The Morgan fingerprint density at radius 2 is 2.00 bits per heavy atom. The van der Waals surface area contributed by atoms with Gasteiger partial charge in [-0.1, -0.05) is 75.1 Å². The number of unbranched alkanes of at least 4 members (excludes halogenated alkanes) is 1. The van der Waals surface area contributed by atoms with Crippen LogP contribution in [0.5, 0.6) is 0 Å². The normalized spacial score (nSPS) is 19.3. The molecule has 186 valence electrons. The molecular weight excluding hydrogens is 433 g/mol. The Balaban J connectivity index is 0.00000241. The summed E-state index contributed by atoms with van der Waals surface area (Å²) < 4.78 is 13.9. The second-order valence-electron chi connectivity index (χ2n) is 10.4. The third-order valence-electron chi connectivity index (χ3n) is 7.60. The molecule has 2 aromatic carbocycles. The molecule has 2 aromatic rings. The van der Waals surface area contributed by atoms with E-state index in [9.17, 15) is 14.4 Å². The first kappa shape index (κ1) is 25.1. The molecule has 2 nitrogen and oxygen atoms in total. The van der Waals surface area contributed by atoms with Gasteiger partial charge >= 0.3 is 0 Å². The number of halogens is 1. The van der Waals surface area contributed by atoms with Crippen molar-refractivity contribution in [2.45, 2.75) is 71.6 Å². The van der Waals surface area contributed by atoms with Gasteiger partial charge in [-0.05, 0) is 84.8 Å². The molecule has 35 heavy (non-hydrogen) atoms. The highest BCUT2D eigenvalue weighted by Gasteiger charge is 2.40. The summed E-state index contributed by atoms with van der Waals surface area (Å²) >= 11 is 0. The van der Waals surface area contributed by atoms with Gasteiger partial charge in [0.25, 0.3) is 0 Å². The number of hydrogen-bond acceptors (Lipinski definition) is 2. The van der Waals surface area contributed by atoms with Crippen LogP contribution in [0.3, 0.4) is 0 Å². The van der Waals surface area contributed by atoms with Crippen LogP contribution in [0.25, 0.3) is 11.1 Å². The standard InChI is InChI=1S/C32H36FNO.2H2/c1-3-4-8-22(2)13-16-32(35)30-15-14-25(29-12-6-5-9-26(29)21-34)17-23(30)10-7-11-24-18-28(33)19-27-20-31(24)27;;/h5-6,9,12,14-15,17-19,22,27,31H,3-4,7-8,10-11,13,16,20H2,1-2H3;2*1H/t22-,27?,31?;;/m1../s1. The highest BCUT2D eigenvalue weighted by Crippen LogP contribution is 2.50. The number of allylic oxidation sites excluding steroid dienone is 4. The lowest BCUT2D eigenvalue weighted by Gasteiger charge is -2.15. The number of benzene rings is 2. The van der Waals surface area contributed by atoms with Crippen LogP contribution >= 0.6 is 0 Å². The highest BCUT2D eigenvalue weighted by molar-refractivity contribution is 5.98. The van der Waals surface area contributed by atoms with Crippen LogP contribution in [0.2, 0.25) is 0 Å². The Kier molecular flexibility index (Phi) is 8.34. The van der Waals surface area contributed by atoms with Crippen LogP contribution in [-0.2, 0) is 6.42 Å². The van der Waals surface area contributed by atoms with Gasteiger partial charge in [-0.25, -0.2) is 4.39 Å². The van der Waals surface area contributed by atoms with Crippen molar-refractivity contribution < 1.29 is 12.0 Å². The van der Waals surface area contributed by atoms with Crippen LogP contribution in [-0.4, -0.2) is 5.78 Å². The molecule has 0 heterocycles. The van der Waals surface area contributed by atoms with Crippen molar-refractivity contribution in [3.8, 4) is 17.2 Å². The summed E-state index contributed by atoms with van der Waals surface area (Å²) in [6, 6.07) is 15.9. The number of fused-ring (bicyclic) bond motifs is 1. The van der Waals surface area contributed by atoms with E-state index in [2.05, 4.69) is 26.0 Å². The Morgan fingerprint density at radius 3 is 2.80 bits per heavy atom. The van der Waals surface area contributed by atoms with Gasteiger partial charge < -0.3 is 0 Å². The van der Waals surface area contributed by atoms with E-state index in [0.29, 0.717) is 29.7 Å². The van der Waals surface area contributed by atoms with Gasteiger partial charge in [0.15, 0.2) is 5.78 Å². The minimum atomic E-state index is -0.0954. The summed E-state index contributed by atoms with van der Waals surface area (Å²) in [5.41, 5.74) is 5.57. The van der Waals surface area contributed by atoms with Gasteiger partial charge in [0.05, 0.1) is 11.6 Å². The molecule has 0 aromatic heterocycles. The predicted octanol–water partition coefficient (Wildman–Crippen LogP) is 9.26. The monoisotopic (exact) mass is 473 g/mol. The average Bonchev–Trinajstić information content (AvgIpc) is 3.65. The SMILES string of the molecule is CCCC[C@@H](C)CCC(=O)c1ccc(-c2ccccc2C#N)cc1CCCC1=CC(F)=CC2CC12.[HH].[HH]. The first-order valence-corrected chi connectivity index (χ1v) is 13.2. The zero-order valence-electron chi connectivity index (χ0n) is 21.0. The van der Waals surface area contributed by atoms with E-state index in [-0.39, 0.29) is 14.5 Å². The summed E-state index contributed by atoms with van der Waals surface area (Å²) in [5.74, 6) is 1.58. The van der Waals surface area contributed by atoms with Crippen LogP contribution in [0, 0.1) is 29.1 Å². The van der Waals surface area contributed by atoms with Crippen molar-refractivity contribution in [3.63, 3.8) is 0 Å². The lowest BCUT2D eigenvalue weighted by atomic mass is 9.89. The summed E-state index contributed by atoms with van der Waals surface area (Å²) in [6.45, 7) is 4.44. The molecule has 3 atom stereocenters. The zero-order valence-corrected chi connectivity index (χ0v) is 21.0. The van der Waals surface area contributed by atoms with E-state index in [1.54, 1.807) is 12.2 Å². The van der Waals surface area contributed by atoms with Crippen molar-refractivity contribution >= 4 is 5.78 Å². The molecule has 2 aliphatic carbocycles. The number of nitrogens with zero attached hydrogens (tertiary/aromatic N) is 1. The van der Waals surface area contributed by atoms with Crippen molar-refractivity contribution in [1.82, 2.24) is 0 Å². The van der Waals surface area contributed by atoms with Gasteiger partial charge in [0.2, 0.25) is 0 Å². The maximum Gasteiger partial charge on any atom is 0.163 e. The van der Waals surface area contributed by atoms with E-state index < -0.39 is 0 Å². The quantitative estimate of drug-likeness (QED) is 0.288. The highest BCUT2D eigenvalue weighted by atomic mass is 19.1. The topological polar surface area (TPSA) is 40.9 Å². The lowest BCUT2D eigenvalue weighted by molar-refractivity contribution is 0.0973. The van der Waals surface area contributed by atoms with E-state index in [1.807, 2.05) is 36.4 Å². The van der Waals surface area contributed by atoms with E-state index in [1.165, 1.54) is 24.8 Å². The molecular formula is C32H40FNO. The number of carbonyl (C=O) groups excluding carboxylic acids is 1. The summed E-state index contributed by atoms with van der Waals surface area (Å²) in [6.07, 6.45) is 12.1. The number of carbonyl (C=O) groups is 1. The Bertz CT molecular complexity index is 1180. The van der Waals surface area contributed by atoms with Gasteiger partial charge in [-0.3, -0.25) is 4.79 Å². The maximum atomic E-state index is 13.9. The van der Waals surface area contributed by atoms with Gasteiger partial charge in [0.1, 0.15) is 5.83 Å². The fourth-order valence-electron chi connectivity index (χ4n) is 5.38. The second-order valence-corrected chi connectivity index (χ2v) is 10.4. The third kappa shape index (κ3) is 6.37. The van der Waals surface area contributed by atoms with Gasteiger partial charge in [-0.15, -0.1) is 0 Å². The number of rotatable bonds is 12. The van der Waals surface area contributed by atoms with E-state index in [0.717, 1.165) is 54.4 Å². The summed E-state index contributed by atoms with van der Waals surface area (Å²) in [4.78, 5) is 13.3. The molecule has 1 fully saturated rings. The molecule has 0 spiro atoms. The van der Waals surface area contributed by atoms with Crippen LogP contribution < -0.4 is 0 Å². The average molecular weight is 474 g/mol. The minimum Gasteiger partial charge on any atom is -0.294 e. The van der Waals surface area contributed by atoms with Gasteiger partial charge in [-0.2, -0.15) is 5.26 Å². The molecule has 0 aliphatic heterocycles. The third-order valence-corrected chi connectivity index (χ3v) is 7.60. The number of nitriles is 1. The van der Waals surface area contributed by atoms with Gasteiger partial charge in [0, 0.05) is 14.8 Å². The summed E-state index contributed by atoms with van der Waals surface area (Å²) in [5, 5.41) is 9.57. The molecule has 0 amide bonds. The molecule has 0 N–H and O–H groups in total. The molecule has 0 radical (unpaired) electrons. The molecule has 0 bridgehead atoms. The molecule has 0 saturated heterocycles. The smallest absolute Gasteiger partial charge is 0.163 e. The summed E-state index contributed by atoms with van der Waals surface area (Å²) in [7, 11) is 0. The number of aryl methyl sites for hydroxylation is 1. The number of hydrogen-bond donors (Lipinski definition) is 0. The first-order valence-electron chi connectivity index (χ1n) is 13.2. The minimum absolute atomic E-state index is 0. The first-order chi connectivity index (χ1) is 17.0. The maximum absolute atomic E-state index is 13.9. The number of Topliss-reactive ketones (excluding diaryl/α,β-unsaturated/α-hetero) is 1. The Morgan fingerprint density at radius 1 is 1.17 bits per heavy atom. The van der Waals surface area contributed by atoms with Crippen LogP contribution in [0.4, 0.5) is 4.39 Å². The van der Waals surface area contributed by atoms with Crippen molar-refractivity contribution in [2.24, 2.45) is 17.8 Å². The van der Waals surface area contributed by atoms with Crippen LogP contribution in [0.15, 0.2) is 66.0 Å². The largest absolute Gasteiger partial charge is 0.294 e. The van der Waals surface area contributed by atoms with Crippen LogP contribution in [0.1, 0.15) is 89.6 Å². The predicted molar refractivity (Wildman–Crippen MR) is 145 cm³/mol. The molecule has 4 rings (SSSR count). The zero-order chi connectivity index (χ0) is 24.8. The second kappa shape index (κ2) is 11.6. The Labute approximate surface area is 212 Å². The lowest BCUT2D eigenvalue weighted by Crippen LogP contribution is -2.07.